The fraction of sp³-hybridized carbons (Fsp3) is 0.267. The molecular formula is C30H27N3O8S. The number of hydrogen-bond donors (Lipinski definition) is 2. The number of fused-ring (bicyclic) bond motifs is 1. The van der Waals surface area contributed by atoms with Crippen LogP contribution in [0.5, 0.6) is 5.75 Å². The zero-order valence-electron chi connectivity index (χ0n) is 22.5. The van der Waals surface area contributed by atoms with Gasteiger partial charge in [-0.05, 0) is 42.0 Å². The molecule has 12 heteroatoms. The molecule has 1 amide bonds. The Kier molecular flexibility index (Phi) is 7.85. The molecule has 2 aliphatic rings. The average molecular weight is 590 g/mol. The predicted molar refractivity (Wildman–Crippen MR) is 154 cm³/mol. The number of anilines is 1. The summed E-state index contributed by atoms with van der Waals surface area (Å²) in [7, 11) is 1.62. The topological polar surface area (TPSA) is 138 Å². The molecule has 2 saturated heterocycles. The van der Waals surface area contributed by atoms with E-state index in [1.807, 2.05) is 36.4 Å². The molecule has 6 rings (SSSR count). The lowest BCUT2D eigenvalue weighted by molar-refractivity contribution is -0.137. The minimum atomic E-state index is -1.23. The van der Waals surface area contributed by atoms with Crippen LogP contribution in [0.2, 0.25) is 0 Å². The van der Waals surface area contributed by atoms with Crippen LogP contribution in [-0.2, 0) is 25.5 Å². The number of carbonyl (C=O) groups excluding carboxylic acids is 1. The van der Waals surface area contributed by atoms with Crippen molar-refractivity contribution in [1.29, 1.82) is 0 Å². The molecule has 0 spiro atoms. The van der Waals surface area contributed by atoms with E-state index < -0.39 is 24.0 Å². The van der Waals surface area contributed by atoms with Crippen LogP contribution in [-0.4, -0.2) is 71.3 Å². The second-order valence-corrected chi connectivity index (χ2v) is 10.9. The van der Waals surface area contributed by atoms with Gasteiger partial charge in [0.1, 0.15) is 42.1 Å². The van der Waals surface area contributed by atoms with E-state index in [1.54, 1.807) is 37.4 Å². The molecule has 0 unspecified atom stereocenters. The first kappa shape index (κ1) is 27.8. The number of ether oxygens (including phenoxy) is 4. The Hall–Kier alpha value is -4.36. The third-order valence-electron chi connectivity index (χ3n) is 7.14. The van der Waals surface area contributed by atoms with Crippen LogP contribution in [0.4, 0.5) is 5.69 Å². The number of carbonyl (C=O) groups is 2. The van der Waals surface area contributed by atoms with E-state index in [-0.39, 0.29) is 35.9 Å². The Balaban J connectivity index is 1.20. The van der Waals surface area contributed by atoms with Gasteiger partial charge in [0.25, 0.3) is 11.5 Å². The van der Waals surface area contributed by atoms with Crippen LogP contribution in [0, 0.1) is 0 Å². The van der Waals surface area contributed by atoms with Gasteiger partial charge >= 0.3 is 5.97 Å². The fourth-order valence-corrected chi connectivity index (χ4v) is 5.99. The van der Waals surface area contributed by atoms with Crippen molar-refractivity contribution in [3.05, 3.63) is 88.2 Å². The van der Waals surface area contributed by atoms with Gasteiger partial charge in [0.15, 0.2) is 6.10 Å². The lowest BCUT2D eigenvalue weighted by atomic mass is 10.1. The molecule has 2 aromatic heterocycles. The molecule has 216 valence electrons. The number of thiophene rings is 1. The number of hydrogen-bond acceptors (Lipinski definition) is 9. The number of amides is 1. The van der Waals surface area contributed by atoms with Crippen LogP contribution in [0.15, 0.2) is 77.7 Å². The minimum Gasteiger partial charge on any atom is -0.485 e. The van der Waals surface area contributed by atoms with Gasteiger partial charge in [-0.15, -0.1) is 11.3 Å². The highest BCUT2D eigenvalue weighted by Crippen LogP contribution is 2.32. The molecule has 0 aliphatic carbocycles. The fourth-order valence-electron chi connectivity index (χ4n) is 5.08. The molecule has 11 nitrogen and oxygen atoms in total. The zero-order valence-corrected chi connectivity index (χ0v) is 23.3. The molecule has 4 atom stereocenters. The number of carboxylic acids is 1. The Morgan fingerprint density at radius 3 is 2.43 bits per heavy atom. The van der Waals surface area contributed by atoms with Crippen molar-refractivity contribution in [3.63, 3.8) is 0 Å². The largest absolute Gasteiger partial charge is 0.485 e. The van der Waals surface area contributed by atoms with Crippen molar-refractivity contribution in [2.24, 2.45) is 0 Å². The van der Waals surface area contributed by atoms with Gasteiger partial charge in [-0.1, -0.05) is 30.3 Å². The monoisotopic (exact) mass is 589 g/mol. The lowest BCUT2D eigenvalue weighted by Crippen LogP contribution is -2.35. The van der Waals surface area contributed by atoms with E-state index in [2.05, 4.69) is 10.3 Å². The molecule has 2 fully saturated rings. The number of nitrogens with zero attached hydrogens (tertiary/aromatic N) is 2. The maximum atomic E-state index is 13.3. The number of benzene rings is 2. The highest BCUT2D eigenvalue weighted by molar-refractivity contribution is 7.17. The summed E-state index contributed by atoms with van der Waals surface area (Å²) < 4.78 is 24.1. The molecule has 4 heterocycles. The van der Waals surface area contributed by atoms with Crippen molar-refractivity contribution in [2.45, 2.75) is 31.0 Å². The number of aromatic nitrogens is 2. The first-order chi connectivity index (χ1) is 20.4. The summed E-state index contributed by atoms with van der Waals surface area (Å²) in [5.74, 6) is -1.02. The Morgan fingerprint density at radius 2 is 1.71 bits per heavy atom. The van der Waals surface area contributed by atoms with Gasteiger partial charge in [-0.2, -0.15) is 0 Å². The molecule has 4 aromatic rings. The third kappa shape index (κ3) is 5.57. The van der Waals surface area contributed by atoms with Crippen LogP contribution in [0.1, 0.15) is 9.67 Å². The first-order valence-electron chi connectivity index (χ1n) is 13.2. The Labute approximate surface area is 244 Å². The van der Waals surface area contributed by atoms with E-state index in [0.717, 1.165) is 15.0 Å². The molecule has 2 aliphatic heterocycles. The molecule has 0 bridgehead atoms. The lowest BCUT2D eigenvalue weighted by Gasteiger charge is -2.18. The number of nitrogens with one attached hydrogen (secondary N) is 1. The van der Waals surface area contributed by atoms with Crippen molar-refractivity contribution in [2.75, 3.05) is 25.6 Å². The SMILES string of the molecule is CO[C@@H]1CO[C@H]2[C@@H]1OC[C@H]2Oc1ccc(-c2ncc(NC(=O)c3ccc(-c4ccccc4)s3)c(=O)n2CC(=O)O)cc1. The zero-order chi connectivity index (χ0) is 29.2. The number of rotatable bonds is 9. The molecule has 0 saturated carbocycles. The van der Waals surface area contributed by atoms with Crippen molar-refractivity contribution >= 4 is 28.9 Å². The van der Waals surface area contributed by atoms with Crippen molar-refractivity contribution in [1.82, 2.24) is 9.55 Å². The van der Waals surface area contributed by atoms with Crippen LogP contribution in [0.3, 0.4) is 0 Å². The number of methoxy groups -OCH3 is 1. The highest BCUT2D eigenvalue weighted by atomic mass is 32.1. The average Bonchev–Trinajstić information content (AvgIpc) is 3.74. The second-order valence-electron chi connectivity index (χ2n) is 9.82. The summed E-state index contributed by atoms with van der Waals surface area (Å²) in [5.41, 5.74) is 0.666. The van der Waals surface area contributed by atoms with Gasteiger partial charge in [-0.3, -0.25) is 19.0 Å². The van der Waals surface area contributed by atoms with E-state index in [9.17, 15) is 19.5 Å². The highest BCUT2D eigenvalue weighted by Gasteiger charge is 2.49. The van der Waals surface area contributed by atoms with Crippen LogP contribution >= 0.6 is 11.3 Å². The van der Waals surface area contributed by atoms with E-state index in [1.165, 1.54) is 17.5 Å². The third-order valence-corrected chi connectivity index (χ3v) is 8.28. The normalized spacial score (nSPS) is 21.2. The second kappa shape index (κ2) is 11.9. The Bertz CT molecular complexity index is 1650. The van der Waals surface area contributed by atoms with Crippen LogP contribution < -0.4 is 15.6 Å². The molecule has 2 aromatic carbocycles. The molecule has 2 N–H and O–H groups in total. The van der Waals surface area contributed by atoms with E-state index in [0.29, 0.717) is 29.4 Å². The molecular weight excluding hydrogens is 562 g/mol. The maximum absolute atomic E-state index is 13.3. The quantitative estimate of drug-likeness (QED) is 0.300. The Morgan fingerprint density at radius 1 is 1.00 bits per heavy atom. The van der Waals surface area contributed by atoms with Crippen LogP contribution in [0.25, 0.3) is 21.8 Å². The summed E-state index contributed by atoms with van der Waals surface area (Å²) in [5, 5.41) is 12.1. The number of aliphatic carboxylic acids is 1. The summed E-state index contributed by atoms with van der Waals surface area (Å²) in [6.45, 7) is 0.166. The van der Waals surface area contributed by atoms with Gasteiger partial charge in [0.05, 0.1) is 24.3 Å². The first-order valence-corrected chi connectivity index (χ1v) is 14.0. The summed E-state index contributed by atoms with van der Waals surface area (Å²) in [6, 6.07) is 19.9. The smallest absolute Gasteiger partial charge is 0.323 e. The van der Waals surface area contributed by atoms with E-state index in [4.69, 9.17) is 18.9 Å². The minimum absolute atomic E-state index is 0.124. The maximum Gasteiger partial charge on any atom is 0.323 e. The summed E-state index contributed by atoms with van der Waals surface area (Å²) >= 11 is 1.28. The van der Waals surface area contributed by atoms with E-state index >= 15 is 0 Å². The van der Waals surface area contributed by atoms with Gasteiger partial charge in [-0.25, -0.2) is 4.98 Å². The molecule has 0 radical (unpaired) electrons. The van der Waals surface area contributed by atoms with Gasteiger partial charge in [0, 0.05) is 17.6 Å². The van der Waals surface area contributed by atoms with Gasteiger partial charge in [0.2, 0.25) is 0 Å². The standard InChI is InChI=1S/C30H27N3O8S/c1-38-21-15-39-27-22(16-40-26(21)27)41-19-9-7-18(8-10-19)28-31-13-20(30(37)33(28)14-25(34)35)32-29(36)24-12-11-23(42-24)17-5-3-2-4-6-17/h2-13,21-22,26-27H,14-16H2,1H3,(H,32,36)(H,34,35)/t21-,22-,26-,27-/m1/s1. The molecule has 42 heavy (non-hydrogen) atoms. The summed E-state index contributed by atoms with van der Waals surface area (Å²) in [6.07, 6.45) is 0.383. The predicted octanol–water partition coefficient (Wildman–Crippen LogP) is 3.54. The summed E-state index contributed by atoms with van der Waals surface area (Å²) in [4.78, 5) is 43.6. The van der Waals surface area contributed by atoms with Crippen molar-refractivity contribution < 1.29 is 33.6 Å². The van der Waals surface area contributed by atoms with Gasteiger partial charge < -0.3 is 29.4 Å². The number of carboxylic acid groups (broad SMARTS) is 1. The van der Waals surface area contributed by atoms with Crippen molar-refractivity contribution in [3.8, 4) is 27.6 Å².